The maximum absolute atomic E-state index is 12.2. The Kier molecular flexibility index (Phi) is 4.06. The summed E-state index contributed by atoms with van der Waals surface area (Å²) in [6.07, 6.45) is 1.98. The first-order valence-electron chi connectivity index (χ1n) is 6.88. The Morgan fingerprint density at radius 1 is 1.43 bits per heavy atom. The van der Waals surface area contributed by atoms with E-state index < -0.39 is 16.3 Å². The molecule has 0 saturated heterocycles. The Balaban J connectivity index is 2.43. The van der Waals surface area contributed by atoms with Gasteiger partial charge in [0.25, 0.3) is 5.69 Å². The Hall–Kier alpha value is -2.24. The monoisotopic (exact) mass is 291 g/mol. The first kappa shape index (κ1) is 15.2. The third kappa shape index (κ3) is 2.66. The Morgan fingerprint density at radius 2 is 2.14 bits per heavy atom. The first-order chi connectivity index (χ1) is 9.88. The SMILES string of the molecule is Cc1c(CC2(C(=O)O)CCCCC2=O)cccc1[N+](=O)[O-]. The molecule has 21 heavy (non-hydrogen) atoms. The standard InChI is InChI=1S/C15H17NO5/c1-10-11(5-4-6-12(10)16(20)21)9-15(14(18)19)8-3-2-7-13(15)17/h4-6H,2-3,7-9H2,1H3,(H,18,19). The molecule has 1 saturated carbocycles. The van der Waals surface area contributed by atoms with Crippen LogP contribution in [0.15, 0.2) is 18.2 Å². The summed E-state index contributed by atoms with van der Waals surface area (Å²) >= 11 is 0. The van der Waals surface area contributed by atoms with Gasteiger partial charge in [0.05, 0.1) is 4.92 Å². The van der Waals surface area contributed by atoms with Crippen molar-refractivity contribution in [3.8, 4) is 0 Å². The van der Waals surface area contributed by atoms with E-state index in [-0.39, 0.29) is 24.3 Å². The average Bonchev–Trinajstić information content (AvgIpc) is 2.43. The molecule has 6 heteroatoms. The van der Waals surface area contributed by atoms with Crippen molar-refractivity contribution in [1.82, 2.24) is 0 Å². The van der Waals surface area contributed by atoms with E-state index in [1.807, 2.05) is 0 Å². The minimum Gasteiger partial charge on any atom is -0.480 e. The molecular formula is C15H17NO5. The molecular weight excluding hydrogens is 274 g/mol. The van der Waals surface area contributed by atoms with Gasteiger partial charge in [-0.3, -0.25) is 19.7 Å². The second-order valence-electron chi connectivity index (χ2n) is 5.51. The van der Waals surface area contributed by atoms with Crippen LogP contribution in [-0.4, -0.2) is 21.8 Å². The predicted molar refractivity (Wildman–Crippen MR) is 75.1 cm³/mol. The zero-order chi connectivity index (χ0) is 15.6. The van der Waals surface area contributed by atoms with Crippen molar-refractivity contribution in [3.63, 3.8) is 0 Å². The highest BCUT2D eigenvalue weighted by molar-refractivity contribution is 6.03. The average molecular weight is 291 g/mol. The number of nitrogens with zero attached hydrogens (tertiary/aromatic N) is 1. The van der Waals surface area contributed by atoms with E-state index in [4.69, 9.17) is 0 Å². The molecule has 1 N–H and O–H groups in total. The van der Waals surface area contributed by atoms with Gasteiger partial charge in [0.2, 0.25) is 0 Å². The fraction of sp³-hybridized carbons (Fsp3) is 0.467. The smallest absolute Gasteiger partial charge is 0.317 e. The zero-order valence-electron chi connectivity index (χ0n) is 11.8. The lowest BCUT2D eigenvalue weighted by molar-refractivity contribution is -0.385. The maximum Gasteiger partial charge on any atom is 0.317 e. The lowest BCUT2D eigenvalue weighted by atomic mass is 9.69. The summed E-state index contributed by atoms with van der Waals surface area (Å²) in [5.74, 6) is -1.40. The molecule has 1 unspecified atom stereocenters. The molecule has 0 radical (unpaired) electrons. The number of rotatable bonds is 4. The van der Waals surface area contributed by atoms with Gasteiger partial charge in [0, 0.05) is 18.1 Å². The number of nitro groups is 1. The second kappa shape index (κ2) is 5.63. The van der Waals surface area contributed by atoms with Crippen LogP contribution in [0.5, 0.6) is 0 Å². The van der Waals surface area contributed by atoms with Gasteiger partial charge in [0.1, 0.15) is 5.41 Å². The Labute approximate surface area is 121 Å². The van der Waals surface area contributed by atoms with Gasteiger partial charge >= 0.3 is 5.97 Å². The van der Waals surface area contributed by atoms with Crippen molar-refractivity contribution < 1.29 is 19.6 Å². The van der Waals surface area contributed by atoms with Gasteiger partial charge in [-0.15, -0.1) is 0 Å². The number of nitro benzene ring substituents is 1. The van der Waals surface area contributed by atoms with Gasteiger partial charge in [-0.05, 0) is 31.7 Å². The summed E-state index contributed by atoms with van der Waals surface area (Å²) < 4.78 is 0. The van der Waals surface area contributed by atoms with E-state index in [0.29, 0.717) is 30.4 Å². The molecule has 0 aliphatic heterocycles. The number of carboxylic acids is 1. The molecule has 0 bridgehead atoms. The van der Waals surface area contributed by atoms with Crippen molar-refractivity contribution in [3.05, 3.63) is 39.4 Å². The number of ketones is 1. The Bertz CT molecular complexity index is 610. The lowest BCUT2D eigenvalue weighted by Gasteiger charge is -2.32. The van der Waals surface area contributed by atoms with E-state index in [1.165, 1.54) is 12.1 Å². The molecule has 0 heterocycles. The van der Waals surface area contributed by atoms with Crippen LogP contribution in [0, 0.1) is 22.5 Å². The van der Waals surface area contributed by atoms with Crippen molar-refractivity contribution in [2.75, 3.05) is 0 Å². The third-order valence-electron chi connectivity index (χ3n) is 4.31. The molecule has 2 rings (SSSR count). The van der Waals surface area contributed by atoms with Crippen molar-refractivity contribution >= 4 is 17.4 Å². The van der Waals surface area contributed by atoms with Crippen LogP contribution in [0.2, 0.25) is 0 Å². The highest BCUT2D eigenvalue weighted by Crippen LogP contribution is 2.38. The van der Waals surface area contributed by atoms with E-state index in [1.54, 1.807) is 13.0 Å². The number of carbonyl (C=O) groups is 2. The van der Waals surface area contributed by atoms with Gasteiger partial charge in [-0.2, -0.15) is 0 Å². The number of aliphatic carboxylic acids is 1. The third-order valence-corrected chi connectivity index (χ3v) is 4.31. The molecule has 1 aromatic rings. The molecule has 0 aromatic heterocycles. The topological polar surface area (TPSA) is 97.5 Å². The predicted octanol–water partition coefficient (Wildman–Crippen LogP) is 2.66. The number of Topliss-reactive ketones (excluding diaryl/α,β-unsaturated/α-hetero) is 1. The van der Waals surface area contributed by atoms with Gasteiger partial charge < -0.3 is 5.11 Å². The first-order valence-corrected chi connectivity index (χ1v) is 6.88. The summed E-state index contributed by atoms with van der Waals surface area (Å²) in [5, 5.41) is 20.5. The van der Waals surface area contributed by atoms with Crippen molar-refractivity contribution in [1.29, 1.82) is 0 Å². The molecule has 1 aromatic carbocycles. The summed E-state index contributed by atoms with van der Waals surface area (Å²) in [7, 11) is 0. The molecule has 1 atom stereocenters. The molecule has 1 aliphatic carbocycles. The summed E-state index contributed by atoms with van der Waals surface area (Å²) in [5.41, 5.74) is -0.488. The lowest BCUT2D eigenvalue weighted by Crippen LogP contribution is -2.43. The van der Waals surface area contributed by atoms with E-state index in [2.05, 4.69) is 0 Å². The number of carboxylic acid groups (broad SMARTS) is 1. The highest BCUT2D eigenvalue weighted by atomic mass is 16.6. The molecule has 0 spiro atoms. The fourth-order valence-corrected chi connectivity index (χ4v) is 2.96. The highest BCUT2D eigenvalue weighted by Gasteiger charge is 2.47. The summed E-state index contributed by atoms with van der Waals surface area (Å²) in [4.78, 5) is 34.3. The zero-order valence-corrected chi connectivity index (χ0v) is 11.8. The van der Waals surface area contributed by atoms with Gasteiger partial charge in [-0.1, -0.05) is 18.6 Å². The fourth-order valence-electron chi connectivity index (χ4n) is 2.96. The molecule has 0 amide bonds. The van der Waals surface area contributed by atoms with Gasteiger partial charge in [0.15, 0.2) is 5.78 Å². The van der Waals surface area contributed by atoms with E-state index in [9.17, 15) is 24.8 Å². The van der Waals surface area contributed by atoms with Crippen molar-refractivity contribution in [2.45, 2.75) is 39.0 Å². The molecule has 1 aliphatic rings. The minimum absolute atomic E-state index is 0.0225. The normalized spacial score (nSPS) is 22.0. The van der Waals surface area contributed by atoms with Gasteiger partial charge in [-0.25, -0.2) is 0 Å². The van der Waals surface area contributed by atoms with Crippen LogP contribution in [0.3, 0.4) is 0 Å². The molecule has 6 nitrogen and oxygen atoms in total. The van der Waals surface area contributed by atoms with Crippen LogP contribution < -0.4 is 0 Å². The van der Waals surface area contributed by atoms with Crippen LogP contribution in [0.4, 0.5) is 5.69 Å². The number of hydrogen-bond acceptors (Lipinski definition) is 4. The summed E-state index contributed by atoms with van der Waals surface area (Å²) in [6.45, 7) is 1.59. The van der Waals surface area contributed by atoms with Crippen LogP contribution >= 0.6 is 0 Å². The van der Waals surface area contributed by atoms with E-state index in [0.717, 1.165) is 0 Å². The number of carbonyl (C=O) groups excluding carboxylic acids is 1. The molecule has 1 fully saturated rings. The maximum atomic E-state index is 12.2. The van der Waals surface area contributed by atoms with Crippen molar-refractivity contribution in [2.24, 2.45) is 5.41 Å². The second-order valence-corrected chi connectivity index (χ2v) is 5.51. The van der Waals surface area contributed by atoms with Crippen LogP contribution in [0.1, 0.15) is 36.8 Å². The quantitative estimate of drug-likeness (QED) is 0.522. The van der Waals surface area contributed by atoms with Crippen LogP contribution in [-0.2, 0) is 16.0 Å². The van der Waals surface area contributed by atoms with E-state index >= 15 is 0 Å². The largest absolute Gasteiger partial charge is 0.480 e. The number of benzene rings is 1. The van der Waals surface area contributed by atoms with Crippen LogP contribution in [0.25, 0.3) is 0 Å². The Morgan fingerprint density at radius 3 is 2.71 bits per heavy atom. The molecule has 112 valence electrons. The number of hydrogen-bond donors (Lipinski definition) is 1. The summed E-state index contributed by atoms with van der Waals surface area (Å²) in [6, 6.07) is 4.58. The minimum atomic E-state index is -1.43.